The lowest BCUT2D eigenvalue weighted by Crippen LogP contribution is -2.33. The van der Waals surface area contributed by atoms with Crippen LogP contribution in [0.25, 0.3) is 10.9 Å². The van der Waals surface area contributed by atoms with Gasteiger partial charge >= 0.3 is 12.3 Å². The lowest BCUT2D eigenvalue weighted by molar-refractivity contribution is -0.148. The van der Waals surface area contributed by atoms with Crippen molar-refractivity contribution in [2.24, 2.45) is 0 Å². The van der Waals surface area contributed by atoms with Gasteiger partial charge in [0, 0.05) is 18.1 Å². The van der Waals surface area contributed by atoms with Crippen molar-refractivity contribution < 1.29 is 30.7 Å². The van der Waals surface area contributed by atoms with Crippen LogP contribution in [0.5, 0.6) is 5.75 Å². The van der Waals surface area contributed by atoms with Crippen molar-refractivity contribution in [3.8, 4) is 5.75 Å². The highest BCUT2D eigenvalue weighted by Crippen LogP contribution is 2.27. The van der Waals surface area contributed by atoms with Crippen molar-refractivity contribution >= 4 is 20.9 Å². The molecule has 1 N–H and O–H groups in total. The largest absolute Gasteiger partial charge is 0.487 e. The lowest BCUT2D eigenvalue weighted by atomic mass is 10.1. The highest BCUT2D eigenvalue weighted by Gasteiger charge is 2.41. The molecule has 0 saturated heterocycles. The van der Waals surface area contributed by atoms with Crippen LogP contribution >= 0.6 is 0 Å². The Kier molecular flexibility index (Phi) is 7.65. The summed E-state index contributed by atoms with van der Waals surface area (Å²) in [5, 5.41) is 4.06. The molecule has 3 aromatic carbocycles. The Hall–Kier alpha value is -3.37. The van der Waals surface area contributed by atoms with Crippen molar-refractivity contribution in [1.82, 2.24) is 9.29 Å². The number of aromatic nitrogens is 1. The second-order valence-electron chi connectivity index (χ2n) is 8.21. The van der Waals surface area contributed by atoms with Crippen molar-refractivity contribution in [3.63, 3.8) is 0 Å². The zero-order chi connectivity index (χ0) is 25.8. The standard InChI is InChI=1S/C26H24F4N2O3S/c27-25(28)26(29,30)18-35-21-8-6-7-19(15-21)16-31-14-13-20-17-32(24-12-5-4-11-23(20)24)36(33,34)22-9-2-1-3-10-22/h1-12,15,17,25,31H,13-14,16,18H2. The van der Waals surface area contributed by atoms with Crippen molar-refractivity contribution in [2.75, 3.05) is 13.2 Å². The first kappa shape index (κ1) is 25.7. The van der Waals surface area contributed by atoms with Gasteiger partial charge in [0.2, 0.25) is 0 Å². The number of nitrogens with one attached hydrogen (secondary N) is 1. The summed E-state index contributed by atoms with van der Waals surface area (Å²) in [4.78, 5) is 0.198. The van der Waals surface area contributed by atoms with Gasteiger partial charge in [0.05, 0.1) is 10.4 Å². The molecule has 0 fully saturated rings. The number of alkyl halides is 4. The van der Waals surface area contributed by atoms with Crippen LogP contribution in [0.4, 0.5) is 17.6 Å². The van der Waals surface area contributed by atoms with Crippen LogP contribution in [-0.2, 0) is 23.0 Å². The molecule has 1 aromatic heterocycles. The molecule has 0 aliphatic heterocycles. The predicted octanol–water partition coefficient (Wildman–Crippen LogP) is 5.49. The van der Waals surface area contributed by atoms with E-state index in [9.17, 15) is 26.0 Å². The summed E-state index contributed by atoms with van der Waals surface area (Å²) >= 11 is 0. The van der Waals surface area contributed by atoms with Gasteiger partial charge < -0.3 is 10.1 Å². The third kappa shape index (κ3) is 5.71. The van der Waals surface area contributed by atoms with Crippen LogP contribution in [0.2, 0.25) is 0 Å². The van der Waals surface area contributed by atoms with E-state index in [4.69, 9.17) is 4.74 Å². The number of benzene rings is 3. The van der Waals surface area contributed by atoms with Crippen LogP contribution in [0, 0.1) is 0 Å². The summed E-state index contributed by atoms with van der Waals surface area (Å²) < 4.78 is 83.4. The van der Waals surface area contributed by atoms with E-state index in [0.717, 1.165) is 16.5 Å². The number of hydrogen-bond donors (Lipinski definition) is 1. The molecule has 0 spiro atoms. The van der Waals surface area contributed by atoms with Gasteiger partial charge in [-0.1, -0.05) is 48.5 Å². The fraction of sp³-hybridized carbons (Fsp3) is 0.231. The quantitative estimate of drug-likeness (QED) is 0.210. The Morgan fingerprint density at radius 3 is 2.42 bits per heavy atom. The van der Waals surface area contributed by atoms with Crippen LogP contribution in [-0.4, -0.2) is 37.9 Å². The summed E-state index contributed by atoms with van der Waals surface area (Å²) in [5.74, 6) is -4.15. The molecule has 0 unspecified atom stereocenters. The number of nitrogens with zero attached hydrogens (tertiary/aromatic N) is 1. The molecule has 0 amide bonds. The second-order valence-corrected chi connectivity index (χ2v) is 10.0. The number of halogens is 4. The normalized spacial score (nSPS) is 12.4. The molecule has 0 aliphatic carbocycles. The smallest absolute Gasteiger partial charge is 0.340 e. The van der Waals surface area contributed by atoms with Gasteiger partial charge in [-0.15, -0.1) is 0 Å². The minimum Gasteiger partial charge on any atom is -0.487 e. The Bertz CT molecular complexity index is 1420. The first-order valence-corrected chi connectivity index (χ1v) is 12.6. The predicted molar refractivity (Wildman–Crippen MR) is 129 cm³/mol. The van der Waals surface area contributed by atoms with Gasteiger partial charge in [-0.3, -0.25) is 0 Å². The van der Waals surface area contributed by atoms with E-state index in [1.165, 1.54) is 16.1 Å². The number of para-hydroxylation sites is 1. The SMILES string of the molecule is O=S(=O)(c1ccccc1)n1cc(CCNCc2cccc(OCC(F)(F)C(F)F)c2)c2ccccc21. The Labute approximate surface area is 206 Å². The average Bonchev–Trinajstić information content (AvgIpc) is 3.26. The van der Waals surface area contributed by atoms with Gasteiger partial charge in [0.25, 0.3) is 10.0 Å². The maximum absolute atomic E-state index is 13.2. The number of rotatable bonds is 11. The van der Waals surface area contributed by atoms with Gasteiger partial charge in [-0.05, 0) is 54.4 Å². The fourth-order valence-corrected chi connectivity index (χ4v) is 5.18. The maximum atomic E-state index is 13.2. The minimum atomic E-state index is -4.22. The maximum Gasteiger partial charge on any atom is 0.340 e. The molecule has 0 saturated carbocycles. The summed E-state index contributed by atoms with van der Waals surface area (Å²) in [5.41, 5.74) is 2.16. The third-order valence-electron chi connectivity index (χ3n) is 5.61. The topological polar surface area (TPSA) is 60.3 Å². The first-order valence-electron chi connectivity index (χ1n) is 11.2. The molecule has 0 aliphatic rings. The molecule has 0 radical (unpaired) electrons. The van der Waals surface area contributed by atoms with Gasteiger partial charge in [-0.25, -0.2) is 21.2 Å². The van der Waals surface area contributed by atoms with E-state index >= 15 is 0 Å². The molecule has 10 heteroatoms. The van der Waals surface area contributed by atoms with E-state index in [-0.39, 0.29) is 10.6 Å². The van der Waals surface area contributed by atoms with Gasteiger partial charge in [-0.2, -0.15) is 8.78 Å². The summed E-state index contributed by atoms with van der Waals surface area (Å²) in [7, 11) is -3.76. The Morgan fingerprint density at radius 1 is 0.944 bits per heavy atom. The van der Waals surface area contributed by atoms with E-state index < -0.39 is 29.0 Å². The second kappa shape index (κ2) is 10.7. The monoisotopic (exact) mass is 520 g/mol. The van der Waals surface area contributed by atoms with Gasteiger partial charge in [0.15, 0.2) is 6.61 Å². The highest BCUT2D eigenvalue weighted by atomic mass is 32.2. The number of hydrogen-bond acceptors (Lipinski definition) is 4. The molecule has 5 nitrogen and oxygen atoms in total. The van der Waals surface area contributed by atoms with Crippen LogP contribution in [0.1, 0.15) is 11.1 Å². The number of fused-ring (bicyclic) bond motifs is 1. The van der Waals surface area contributed by atoms with E-state index in [0.29, 0.717) is 25.0 Å². The molecule has 0 bridgehead atoms. The lowest BCUT2D eigenvalue weighted by Gasteiger charge is -2.16. The molecule has 190 valence electrons. The zero-order valence-electron chi connectivity index (χ0n) is 19.1. The summed E-state index contributed by atoms with van der Waals surface area (Å²) in [6, 6.07) is 21.8. The number of ether oxygens (including phenoxy) is 1. The molecular formula is C26H24F4N2O3S. The third-order valence-corrected chi connectivity index (χ3v) is 7.30. The molecule has 36 heavy (non-hydrogen) atoms. The van der Waals surface area contributed by atoms with Crippen molar-refractivity contribution in [3.05, 3.63) is 96.2 Å². The molecule has 4 aromatic rings. The average molecular weight is 521 g/mol. The Morgan fingerprint density at radius 2 is 1.67 bits per heavy atom. The van der Waals surface area contributed by atoms with Crippen LogP contribution in [0.3, 0.4) is 0 Å². The van der Waals surface area contributed by atoms with Crippen LogP contribution < -0.4 is 10.1 Å². The van der Waals surface area contributed by atoms with Crippen molar-refractivity contribution in [1.29, 1.82) is 0 Å². The van der Waals surface area contributed by atoms with Crippen LogP contribution in [0.15, 0.2) is 90.0 Å². The summed E-state index contributed by atoms with van der Waals surface area (Å²) in [6.45, 7) is -0.519. The first-order chi connectivity index (χ1) is 17.2. The van der Waals surface area contributed by atoms with E-state index in [2.05, 4.69) is 5.32 Å². The molecule has 4 rings (SSSR count). The fourth-order valence-electron chi connectivity index (χ4n) is 3.77. The zero-order valence-corrected chi connectivity index (χ0v) is 19.9. The minimum absolute atomic E-state index is 0.0730. The van der Waals surface area contributed by atoms with E-state index in [1.54, 1.807) is 60.8 Å². The summed E-state index contributed by atoms with van der Waals surface area (Å²) in [6.07, 6.45) is -1.63. The Balaban J connectivity index is 1.41. The van der Waals surface area contributed by atoms with Crippen molar-refractivity contribution in [2.45, 2.75) is 30.2 Å². The van der Waals surface area contributed by atoms with E-state index in [1.807, 2.05) is 12.1 Å². The van der Waals surface area contributed by atoms with Gasteiger partial charge in [0.1, 0.15) is 5.75 Å². The molecular weight excluding hydrogens is 496 g/mol. The highest BCUT2D eigenvalue weighted by molar-refractivity contribution is 7.90. The molecule has 1 heterocycles. The molecule has 0 atom stereocenters.